The Morgan fingerprint density at radius 2 is 2.20 bits per heavy atom. The van der Waals surface area contributed by atoms with Crippen LogP contribution in [-0.2, 0) is 7.05 Å². The third kappa shape index (κ3) is 1.93. The molecule has 2 heterocycles. The van der Waals surface area contributed by atoms with Gasteiger partial charge < -0.3 is 5.73 Å². The summed E-state index contributed by atoms with van der Waals surface area (Å²) in [5.41, 5.74) is 9.18. The molecule has 4 nitrogen and oxygen atoms in total. The van der Waals surface area contributed by atoms with Crippen molar-refractivity contribution in [2.75, 3.05) is 0 Å². The highest BCUT2D eigenvalue weighted by Gasteiger charge is 2.16. The Hall–Kier alpha value is -1.20. The van der Waals surface area contributed by atoms with Crippen molar-refractivity contribution >= 4 is 11.3 Å². The molecule has 15 heavy (non-hydrogen) atoms. The molecule has 2 aromatic rings. The fraction of sp³-hybridized carbons (Fsp3) is 0.400. The first-order valence-electron chi connectivity index (χ1n) is 4.75. The molecule has 0 saturated carbocycles. The minimum Gasteiger partial charge on any atom is -0.318 e. The van der Waals surface area contributed by atoms with Gasteiger partial charge in [0, 0.05) is 29.9 Å². The Morgan fingerprint density at radius 1 is 1.47 bits per heavy atom. The maximum atomic E-state index is 6.14. The minimum atomic E-state index is -0.155. The molecule has 0 fully saturated rings. The van der Waals surface area contributed by atoms with Crippen LogP contribution in [0.5, 0.6) is 0 Å². The quantitative estimate of drug-likeness (QED) is 0.838. The normalized spacial score (nSPS) is 13.1. The first kappa shape index (κ1) is 10.3. The molecule has 0 radical (unpaired) electrons. The maximum Gasteiger partial charge on any atom is 0.114 e. The van der Waals surface area contributed by atoms with Crippen LogP contribution in [-0.4, -0.2) is 14.8 Å². The van der Waals surface area contributed by atoms with Crippen LogP contribution in [0, 0.1) is 13.8 Å². The molecular formula is C10H14N4S. The first-order valence-corrected chi connectivity index (χ1v) is 5.63. The highest BCUT2D eigenvalue weighted by Crippen LogP contribution is 2.24. The SMILES string of the molecule is Cc1csc(C(N)c2cn(C)nc2C)n1. The number of aromatic nitrogens is 3. The van der Waals surface area contributed by atoms with Crippen molar-refractivity contribution in [1.82, 2.24) is 14.8 Å². The van der Waals surface area contributed by atoms with Gasteiger partial charge in [0.15, 0.2) is 0 Å². The monoisotopic (exact) mass is 222 g/mol. The summed E-state index contributed by atoms with van der Waals surface area (Å²) in [6.45, 7) is 3.94. The van der Waals surface area contributed by atoms with E-state index in [0.717, 1.165) is 22.0 Å². The number of hydrogen-bond acceptors (Lipinski definition) is 4. The van der Waals surface area contributed by atoms with Gasteiger partial charge >= 0.3 is 0 Å². The molecule has 0 aliphatic rings. The van der Waals surface area contributed by atoms with E-state index in [1.807, 2.05) is 32.5 Å². The smallest absolute Gasteiger partial charge is 0.114 e. The van der Waals surface area contributed by atoms with Crippen LogP contribution < -0.4 is 5.73 Å². The van der Waals surface area contributed by atoms with E-state index in [1.165, 1.54) is 0 Å². The minimum absolute atomic E-state index is 0.155. The van der Waals surface area contributed by atoms with Crippen LogP contribution in [0.25, 0.3) is 0 Å². The van der Waals surface area contributed by atoms with Gasteiger partial charge in [0.2, 0.25) is 0 Å². The summed E-state index contributed by atoms with van der Waals surface area (Å²) in [6.07, 6.45) is 1.96. The van der Waals surface area contributed by atoms with E-state index in [-0.39, 0.29) is 6.04 Å². The van der Waals surface area contributed by atoms with Gasteiger partial charge in [-0.3, -0.25) is 4.68 Å². The summed E-state index contributed by atoms with van der Waals surface area (Å²) in [6, 6.07) is -0.155. The van der Waals surface area contributed by atoms with Gasteiger partial charge in [-0.05, 0) is 13.8 Å². The maximum absolute atomic E-state index is 6.14. The van der Waals surface area contributed by atoms with Crippen LogP contribution >= 0.6 is 11.3 Å². The van der Waals surface area contributed by atoms with E-state index in [0.29, 0.717) is 0 Å². The van der Waals surface area contributed by atoms with Crippen molar-refractivity contribution in [2.24, 2.45) is 12.8 Å². The molecule has 80 valence electrons. The van der Waals surface area contributed by atoms with Crippen LogP contribution in [0.3, 0.4) is 0 Å². The summed E-state index contributed by atoms with van der Waals surface area (Å²) in [4.78, 5) is 4.39. The molecule has 0 spiro atoms. The number of rotatable bonds is 2. The second-order valence-electron chi connectivity index (χ2n) is 3.65. The fourth-order valence-electron chi connectivity index (χ4n) is 1.57. The molecule has 0 amide bonds. The zero-order chi connectivity index (χ0) is 11.0. The number of thiazole rings is 1. The van der Waals surface area contributed by atoms with Crippen molar-refractivity contribution in [2.45, 2.75) is 19.9 Å². The molecule has 0 aliphatic carbocycles. The van der Waals surface area contributed by atoms with Gasteiger partial charge in [-0.15, -0.1) is 11.3 Å². The predicted molar refractivity (Wildman–Crippen MR) is 60.8 cm³/mol. The second-order valence-corrected chi connectivity index (χ2v) is 4.54. The standard InChI is InChI=1S/C10H14N4S/c1-6-5-15-10(12-6)9(11)8-4-14(3)13-7(8)2/h4-5,9H,11H2,1-3H3. The van der Waals surface area contributed by atoms with E-state index in [9.17, 15) is 0 Å². The number of aryl methyl sites for hydroxylation is 3. The van der Waals surface area contributed by atoms with Gasteiger partial charge in [-0.1, -0.05) is 0 Å². The van der Waals surface area contributed by atoms with Crippen molar-refractivity contribution in [3.63, 3.8) is 0 Å². The average Bonchev–Trinajstić information content (AvgIpc) is 2.71. The summed E-state index contributed by atoms with van der Waals surface area (Å²) in [5, 5.41) is 7.24. The van der Waals surface area contributed by atoms with Crippen molar-refractivity contribution in [3.05, 3.63) is 33.5 Å². The van der Waals surface area contributed by atoms with E-state index < -0.39 is 0 Å². The lowest BCUT2D eigenvalue weighted by Gasteiger charge is -2.06. The lowest BCUT2D eigenvalue weighted by Crippen LogP contribution is -2.12. The third-order valence-corrected chi connectivity index (χ3v) is 3.33. The second kappa shape index (κ2) is 3.75. The van der Waals surface area contributed by atoms with E-state index in [2.05, 4.69) is 10.1 Å². The molecule has 0 saturated heterocycles. The summed E-state index contributed by atoms with van der Waals surface area (Å²) >= 11 is 1.60. The molecule has 2 aromatic heterocycles. The highest BCUT2D eigenvalue weighted by atomic mass is 32.1. The summed E-state index contributed by atoms with van der Waals surface area (Å²) in [5.74, 6) is 0. The largest absolute Gasteiger partial charge is 0.318 e. The Morgan fingerprint density at radius 3 is 2.67 bits per heavy atom. The van der Waals surface area contributed by atoms with Crippen molar-refractivity contribution in [3.8, 4) is 0 Å². The topological polar surface area (TPSA) is 56.7 Å². The van der Waals surface area contributed by atoms with Gasteiger partial charge in [0.05, 0.1) is 11.7 Å². The van der Waals surface area contributed by atoms with Crippen molar-refractivity contribution < 1.29 is 0 Å². The summed E-state index contributed by atoms with van der Waals surface area (Å²) < 4.78 is 1.78. The van der Waals surface area contributed by atoms with E-state index >= 15 is 0 Å². The van der Waals surface area contributed by atoms with Crippen LogP contribution in [0.4, 0.5) is 0 Å². The average molecular weight is 222 g/mol. The van der Waals surface area contributed by atoms with E-state index in [1.54, 1.807) is 16.0 Å². The van der Waals surface area contributed by atoms with Gasteiger partial charge in [-0.25, -0.2) is 4.98 Å². The summed E-state index contributed by atoms with van der Waals surface area (Å²) in [7, 11) is 1.90. The first-order chi connectivity index (χ1) is 7.08. The van der Waals surface area contributed by atoms with E-state index in [4.69, 9.17) is 5.73 Å². The molecule has 0 aromatic carbocycles. The molecular weight excluding hydrogens is 208 g/mol. The fourth-order valence-corrected chi connectivity index (χ4v) is 2.39. The number of hydrogen-bond donors (Lipinski definition) is 1. The molecule has 2 N–H and O–H groups in total. The lowest BCUT2D eigenvalue weighted by molar-refractivity contribution is 0.756. The Balaban J connectivity index is 2.35. The Labute approximate surface area is 92.8 Å². The molecule has 5 heteroatoms. The third-order valence-electron chi connectivity index (χ3n) is 2.29. The van der Waals surface area contributed by atoms with Gasteiger partial charge in [-0.2, -0.15) is 5.10 Å². The predicted octanol–water partition coefficient (Wildman–Crippen LogP) is 1.54. The number of nitrogens with zero attached hydrogens (tertiary/aromatic N) is 3. The van der Waals surface area contributed by atoms with Gasteiger partial charge in [0.25, 0.3) is 0 Å². The molecule has 1 unspecified atom stereocenters. The molecule has 0 aliphatic heterocycles. The van der Waals surface area contributed by atoms with Gasteiger partial charge in [0.1, 0.15) is 5.01 Å². The molecule has 1 atom stereocenters. The lowest BCUT2D eigenvalue weighted by atomic mass is 10.1. The zero-order valence-corrected chi connectivity index (χ0v) is 9.88. The molecule has 0 bridgehead atoms. The van der Waals surface area contributed by atoms with Crippen molar-refractivity contribution in [1.29, 1.82) is 0 Å². The Bertz CT molecular complexity index is 471. The highest BCUT2D eigenvalue weighted by molar-refractivity contribution is 7.09. The van der Waals surface area contributed by atoms with Crippen LogP contribution in [0.1, 0.15) is 28.0 Å². The van der Waals surface area contributed by atoms with Crippen LogP contribution in [0.15, 0.2) is 11.6 Å². The Kier molecular flexibility index (Phi) is 2.58. The number of nitrogens with two attached hydrogens (primary N) is 1. The van der Waals surface area contributed by atoms with Crippen LogP contribution in [0.2, 0.25) is 0 Å². The zero-order valence-electron chi connectivity index (χ0n) is 9.06. The molecule has 2 rings (SSSR count).